The van der Waals surface area contributed by atoms with Crippen LogP contribution >= 0.6 is 0 Å². The second kappa shape index (κ2) is 5.20. The van der Waals surface area contributed by atoms with Gasteiger partial charge in [0.1, 0.15) is 6.61 Å². The fourth-order valence-electron chi connectivity index (χ4n) is 2.62. The lowest BCUT2D eigenvalue weighted by molar-refractivity contribution is -0.147. The van der Waals surface area contributed by atoms with Crippen LogP contribution in [0, 0.1) is 17.3 Å². The third-order valence-electron chi connectivity index (χ3n) is 3.90. The van der Waals surface area contributed by atoms with Crippen molar-refractivity contribution in [2.45, 2.75) is 34.3 Å². The van der Waals surface area contributed by atoms with Gasteiger partial charge in [-0.2, -0.15) is 0 Å². The van der Waals surface area contributed by atoms with E-state index >= 15 is 0 Å². The fourth-order valence-corrected chi connectivity index (χ4v) is 2.62. The highest BCUT2D eigenvalue weighted by molar-refractivity contribution is 5.78. The lowest BCUT2D eigenvalue weighted by Gasteiger charge is -2.05. The molecule has 0 unspecified atom stereocenters. The summed E-state index contributed by atoms with van der Waals surface area (Å²) in [5, 5.41) is 0. The zero-order valence-corrected chi connectivity index (χ0v) is 12.1. The summed E-state index contributed by atoms with van der Waals surface area (Å²) in [6.07, 6.45) is 2.19. The summed E-state index contributed by atoms with van der Waals surface area (Å²) in [4.78, 5) is 12.1. The summed E-state index contributed by atoms with van der Waals surface area (Å²) in [6, 6.07) is 9.81. The Balaban J connectivity index is 1.93. The molecular formula is C17H22O2. The molecule has 0 heterocycles. The molecule has 1 aromatic carbocycles. The van der Waals surface area contributed by atoms with Gasteiger partial charge in [0.2, 0.25) is 0 Å². The van der Waals surface area contributed by atoms with Crippen molar-refractivity contribution in [1.82, 2.24) is 0 Å². The van der Waals surface area contributed by atoms with E-state index in [1.165, 1.54) is 5.57 Å². The number of hydrogen-bond donors (Lipinski definition) is 0. The highest BCUT2D eigenvalue weighted by atomic mass is 16.5. The molecule has 19 heavy (non-hydrogen) atoms. The van der Waals surface area contributed by atoms with Crippen molar-refractivity contribution < 1.29 is 9.53 Å². The van der Waals surface area contributed by atoms with Gasteiger partial charge in [-0.05, 0) is 30.7 Å². The number of allylic oxidation sites excluding steroid dienone is 2. The minimum Gasteiger partial charge on any atom is -0.461 e. The van der Waals surface area contributed by atoms with E-state index in [0.29, 0.717) is 12.5 Å². The minimum absolute atomic E-state index is 0.00566. The smallest absolute Gasteiger partial charge is 0.310 e. The second-order valence-electron chi connectivity index (χ2n) is 6.16. The summed E-state index contributed by atoms with van der Waals surface area (Å²) in [7, 11) is 0. The molecule has 2 rings (SSSR count). The van der Waals surface area contributed by atoms with E-state index in [1.807, 2.05) is 30.3 Å². The van der Waals surface area contributed by atoms with Crippen molar-refractivity contribution in [2.75, 3.05) is 0 Å². The van der Waals surface area contributed by atoms with Gasteiger partial charge in [0, 0.05) is 0 Å². The molecule has 0 aliphatic heterocycles. The Labute approximate surface area is 115 Å². The van der Waals surface area contributed by atoms with Crippen molar-refractivity contribution in [1.29, 1.82) is 0 Å². The number of ether oxygens (including phenoxy) is 1. The molecule has 1 saturated carbocycles. The van der Waals surface area contributed by atoms with Crippen LogP contribution in [0.3, 0.4) is 0 Å². The van der Waals surface area contributed by atoms with E-state index in [1.54, 1.807) is 0 Å². The number of carbonyl (C=O) groups excluding carboxylic acids is 1. The third-order valence-corrected chi connectivity index (χ3v) is 3.90. The number of rotatable bonds is 4. The average Bonchev–Trinajstić information content (AvgIpc) is 2.88. The van der Waals surface area contributed by atoms with E-state index < -0.39 is 0 Å². The van der Waals surface area contributed by atoms with Crippen molar-refractivity contribution in [3.8, 4) is 0 Å². The number of esters is 1. The lowest BCUT2D eigenvalue weighted by atomic mass is 10.1. The second-order valence-corrected chi connectivity index (χ2v) is 6.16. The van der Waals surface area contributed by atoms with Crippen molar-refractivity contribution in [3.05, 3.63) is 47.5 Å². The molecule has 0 saturated heterocycles. The summed E-state index contributed by atoms with van der Waals surface area (Å²) in [5.41, 5.74) is 2.33. The van der Waals surface area contributed by atoms with Crippen LogP contribution in [-0.2, 0) is 16.1 Å². The lowest BCUT2D eigenvalue weighted by Crippen LogP contribution is -2.10. The molecule has 0 bridgehead atoms. The van der Waals surface area contributed by atoms with Gasteiger partial charge in [0.25, 0.3) is 0 Å². The molecule has 0 radical (unpaired) electrons. The van der Waals surface area contributed by atoms with Crippen LogP contribution in [0.2, 0.25) is 0 Å². The number of hydrogen-bond acceptors (Lipinski definition) is 2. The first kappa shape index (κ1) is 13.9. The Morgan fingerprint density at radius 3 is 2.47 bits per heavy atom. The van der Waals surface area contributed by atoms with E-state index in [4.69, 9.17) is 4.74 Å². The third kappa shape index (κ3) is 3.06. The highest BCUT2D eigenvalue weighted by Gasteiger charge is 2.61. The number of carbonyl (C=O) groups is 1. The van der Waals surface area contributed by atoms with Gasteiger partial charge in [0.05, 0.1) is 5.92 Å². The maximum Gasteiger partial charge on any atom is 0.310 e. The molecule has 2 nitrogen and oxygen atoms in total. The Kier molecular flexibility index (Phi) is 3.79. The molecule has 1 fully saturated rings. The van der Waals surface area contributed by atoms with Crippen LogP contribution in [0.5, 0.6) is 0 Å². The van der Waals surface area contributed by atoms with Gasteiger partial charge in [-0.15, -0.1) is 0 Å². The van der Waals surface area contributed by atoms with Gasteiger partial charge >= 0.3 is 5.97 Å². The Morgan fingerprint density at radius 1 is 1.26 bits per heavy atom. The van der Waals surface area contributed by atoms with Gasteiger partial charge in [-0.1, -0.05) is 55.8 Å². The Hall–Kier alpha value is -1.57. The van der Waals surface area contributed by atoms with E-state index in [0.717, 1.165) is 5.56 Å². The van der Waals surface area contributed by atoms with Crippen LogP contribution in [0.15, 0.2) is 42.0 Å². The van der Waals surface area contributed by atoms with Crippen LogP contribution in [-0.4, -0.2) is 5.97 Å². The van der Waals surface area contributed by atoms with Gasteiger partial charge < -0.3 is 4.74 Å². The predicted octanol–water partition coefficient (Wildman–Crippen LogP) is 3.97. The molecule has 1 aliphatic rings. The van der Waals surface area contributed by atoms with Crippen LogP contribution in [0.25, 0.3) is 0 Å². The molecule has 1 aliphatic carbocycles. The van der Waals surface area contributed by atoms with E-state index in [9.17, 15) is 4.79 Å². The summed E-state index contributed by atoms with van der Waals surface area (Å²) in [5.74, 6) is 0.253. The minimum atomic E-state index is -0.0728. The maximum atomic E-state index is 12.1. The summed E-state index contributed by atoms with van der Waals surface area (Å²) < 4.78 is 5.43. The van der Waals surface area contributed by atoms with Crippen LogP contribution < -0.4 is 0 Å². The van der Waals surface area contributed by atoms with Crippen molar-refractivity contribution >= 4 is 5.97 Å². The number of benzene rings is 1. The molecule has 2 heteroatoms. The first-order valence-corrected chi connectivity index (χ1v) is 6.78. The van der Waals surface area contributed by atoms with E-state index in [-0.39, 0.29) is 17.3 Å². The van der Waals surface area contributed by atoms with Gasteiger partial charge in [-0.3, -0.25) is 4.79 Å². The predicted molar refractivity (Wildman–Crippen MR) is 76.4 cm³/mol. The standard InChI is InChI=1S/C17H22O2/c1-12(2)10-14-15(17(14,3)4)16(18)19-11-13-8-6-5-7-9-13/h5-10,14-15H,11H2,1-4H3/t14-,15-/m1/s1. The molecule has 0 amide bonds. The molecule has 1 aromatic rings. The van der Waals surface area contributed by atoms with Crippen molar-refractivity contribution in [2.24, 2.45) is 17.3 Å². The average molecular weight is 258 g/mol. The normalized spacial score (nSPS) is 23.6. The highest BCUT2D eigenvalue weighted by Crippen LogP contribution is 2.59. The first-order chi connectivity index (χ1) is 8.93. The molecule has 2 atom stereocenters. The van der Waals surface area contributed by atoms with Crippen LogP contribution in [0.4, 0.5) is 0 Å². The monoisotopic (exact) mass is 258 g/mol. The topological polar surface area (TPSA) is 26.3 Å². The zero-order valence-electron chi connectivity index (χ0n) is 12.1. The Morgan fingerprint density at radius 2 is 1.89 bits per heavy atom. The Bertz CT molecular complexity index is 481. The molecule has 0 N–H and O–H groups in total. The molecular weight excluding hydrogens is 236 g/mol. The first-order valence-electron chi connectivity index (χ1n) is 6.78. The van der Waals surface area contributed by atoms with Crippen molar-refractivity contribution in [3.63, 3.8) is 0 Å². The largest absolute Gasteiger partial charge is 0.461 e. The molecule has 0 spiro atoms. The quantitative estimate of drug-likeness (QED) is 0.603. The zero-order chi connectivity index (χ0) is 14.0. The van der Waals surface area contributed by atoms with E-state index in [2.05, 4.69) is 33.8 Å². The fraction of sp³-hybridized carbons (Fsp3) is 0.471. The van der Waals surface area contributed by atoms with Gasteiger partial charge in [-0.25, -0.2) is 0 Å². The van der Waals surface area contributed by atoms with Gasteiger partial charge in [0.15, 0.2) is 0 Å². The molecule has 102 valence electrons. The van der Waals surface area contributed by atoms with Crippen LogP contribution in [0.1, 0.15) is 33.3 Å². The summed E-state index contributed by atoms with van der Waals surface area (Å²) in [6.45, 7) is 8.77. The SMILES string of the molecule is CC(C)=C[C@@H]1[C@H](C(=O)OCc2ccccc2)C1(C)C. The molecule has 0 aromatic heterocycles. The maximum absolute atomic E-state index is 12.1. The summed E-state index contributed by atoms with van der Waals surface area (Å²) >= 11 is 0.